The number of likely N-dealkylation sites (tertiary alicyclic amines) is 1. The minimum Gasteiger partial charge on any atom is -0.341 e. The maximum absolute atomic E-state index is 12.8. The molecular formula is C23H23N3O. The lowest BCUT2D eigenvalue weighted by Crippen LogP contribution is -2.31. The van der Waals surface area contributed by atoms with Crippen molar-refractivity contribution in [2.24, 2.45) is 13.0 Å². The van der Waals surface area contributed by atoms with E-state index in [1.54, 1.807) is 0 Å². The Morgan fingerprint density at radius 1 is 1.04 bits per heavy atom. The zero-order valence-corrected chi connectivity index (χ0v) is 15.5. The minimum atomic E-state index is 0.238. The normalized spacial score (nSPS) is 20.6. The number of aryl methyl sites for hydroxylation is 1. The smallest absolute Gasteiger partial charge is 0.227 e. The van der Waals surface area contributed by atoms with Gasteiger partial charge in [0.1, 0.15) is 0 Å². The van der Waals surface area contributed by atoms with Crippen molar-refractivity contribution in [2.45, 2.75) is 18.8 Å². The van der Waals surface area contributed by atoms with Crippen molar-refractivity contribution >= 4 is 5.91 Å². The highest BCUT2D eigenvalue weighted by molar-refractivity contribution is 5.79. The van der Waals surface area contributed by atoms with Crippen molar-refractivity contribution in [3.63, 3.8) is 0 Å². The van der Waals surface area contributed by atoms with Crippen LogP contribution in [0.1, 0.15) is 22.7 Å². The number of rotatable bonds is 3. The molecule has 0 spiro atoms. The Labute approximate surface area is 159 Å². The van der Waals surface area contributed by atoms with Crippen molar-refractivity contribution in [1.82, 2.24) is 14.7 Å². The van der Waals surface area contributed by atoms with Crippen LogP contribution in [-0.4, -0.2) is 33.7 Å². The van der Waals surface area contributed by atoms with E-state index >= 15 is 0 Å². The van der Waals surface area contributed by atoms with Gasteiger partial charge in [-0.2, -0.15) is 5.10 Å². The number of aromatic nitrogens is 2. The van der Waals surface area contributed by atoms with Crippen LogP contribution in [0.3, 0.4) is 0 Å². The van der Waals surface area contributed by atoms with Gasteiger partial charge in [0.2, 0.25) is 5.91 Å². The average Bonchev–Trinajstić information content (AvgIpc) is 3.34. The Morgan fingerprint density at radius 2 is 1.74 bits per heavy atom. The molecule has 0 unspecified atom stereocenters. The summed E-state index contributed by atoms with van der Waals surface area (Å²) in [5, 5.41) is 4.81. The number of hydrogen-bond acceptors (Lipinski definition) is 2. The molecule has 0 saturated carbocycles. The molecule has 4 heteroatoms. The lowest BCUT2D eigenvalue weighted by molar-refractivity contribution is -0.129. The van der Waals surface area contributed by atoms with Crippen LogP contribution in [0.15, 0.2) is 60.7 Å². The molecule has 1 fully saturated rings. The molecule has 2 aromatic carbocycles. The second-order valence-corrected chi connectivity index (χ2v) is 7.73. The van der Waals surface area contributed by atoms with E-state index in [0.717, 1.165) is 30.8 Å². The van der Waals surface area contributed by atoms with Gasteiger partial charge in [-0.3, -0.25) is 9.48 Å². The Balaban J connectivity index is 1.40. The van der Waals surface area contributed by atoms with Crippen LogP contribution in [0.5, 0.6) is 0 Å². The van der Waals surface area contributed by atoms with Gasteiger partial charge in [-0.1, -0.05) is 60.7 Å². The Morgan fingerprint density at radius 3 is 2.48 bits per heavy atom. The van der Waals surface area contributed by atoms with Crippen molar-refractivity contribution in [3.05, 3.63) is 77.5 Å². The predicted octanol–water partition coefficient (Wildman–Crippen LogP) is 3.43. The molecule has 1 saturated heterocycles. The molecule has 1 amide bonds. The third-order valence-corrected chi connectivity index (χ3v) is 6.07. The van der Waals surface area contributed by atoms with Crippen molar-refractivity contribution in [2.75, 3.05) is 13.1 Å². The van der Waals surface area contributed by atoms with Gasteiger partial charge in [-0.05, 0) is 17.9 Å². The molecule has 136 valence electrons. The van der Waals surface area contributed by atoms with E-state index in [-0.39, 0.29) is 5.91 Å². The summed E-state index contributed by atoms with van der Waals surface area (Å²) in [6, 6.07) is 20.5. The lowest BCUT2D eigenvalue weighted by Gasteiger charge is -2.17. The summed E-state index contributed by atoms with van der Waals surface area (Å²) >= 11 is 0. The average molecular weight is 357 g/mol. The second-order valence-electron chi connectivity index (χ2n) is 7.73. The first-order valence-electron chi connectivity index (χ1n) is 9.63. The third kappa shape index (κ3) is 2.76. The fourth-order valence-corrected chi connectivity index (χ4v) is 4.76. The van der Waals surface area contributed by atoms with Crippen LogP contribution in [-0.2, 0) is 24.7 Å². The predicted molar refractivity (Wildman–Crippen MR) is 105 cm³/mol. The summed E-state index contributed by atoms with van der Waals surface area (Å²) in [7, 11) is 2.05. The SMILES string of the molecule is Cn1nc(-c2ccccc2)c2c1C[C@H]1CN(C(=O)Cc3ccccc3)C[C@@H]21. The van der Waals surface area contributed by atoms with Crippen molar-refractivity contribution in [3.8, 4) is 11.3 Å². The molecule has 3 aromatic rings. The minimum absolute atomic E-state index is 0.238. The fraction of sp³-hybridized carbons (Fsp3) is 0.304. The molecule has 1 aliphatic heterocycles. The second kappa shape index (κ2) is 6.38. The van der Waals surface area contributed by atoms with Gasteiger partial charge in [0.05, 0.1) is 12.1 Å². The van der Waals surface area contributed by atoms with Crippen LogP contribution in [0.25, 0.3) is 11.3 Å². The van der Waals surface area contributed by atoms with E-state index in [0.29, 0.717) is 18.3 Å². The van der Waals surface area contributed by atoms with E-state index in [9.17, 15) is 4.79 Å². The van der Waals surface area contributed by atoms with Gasteiger partial charge >= 0.3 is 0 Å². The summed E-state index contributed by atoms with van der Waals surface area (Å²) in [4.78, 5) is 14.9. The number of fused-ring (bicyclic) bond motifs is 3. The summed E-state index contributed by atoms with van der Waals surface area (Å²) in [6.07, 6.45) is 1.51. The third-order valence-electron chi connectivity index (χ3n) is 6.07. The van der Waals surface area contributed by atoms with E-state index in [1.165, 1.54) is 16.8 Å². The van der Waals surface area contributed by atoms with E-state index in [1.807, 2.05) is 48.1 Å². The fourth-order valence-electron chi connectivity index (χ4n) is 4.76. The number of amides is 1. The van der Waals surface area contributed by atoms with Crippen molar-refractivity contribution < 1.29 is 4.79 Å². The first-order valence-corrected chi connectivity index (χ1v) is 9.63. The first kappa shape index (κ1) is 16.3. The molecule has 0 N–H and O–H groups in total. The highest BCUT2D eigenvalue weighted by atomic mass is 16.2. The highest BCUT2D eigenvalue weighted by Gasteiger charge is 2.44. The Hall–Kier alpha value is -2.88. The molecule has 1 aromatic heterocycles. The standard InChI is InChI=1S/C23H23N3O/c1-25-20-13-18-14-26(21(27)12-16-8-4-2-5-9-16)15-19(18)22(20)23(24-25)17-10-6-3-7-11-17/h2-11,18-19H,12-15H2,1H3/t18-,19+/m0/s1. The molecule has 1 aliphatic carbocycles. The maximum Gasteiger partial charge on any atom is 0.227 e. The van der Waals surface area contributed by atoms with Crippen LogP contribution in [0, 0.1) is 5.92 Å². The van der Waals surface area contributed by atoms with Crippen LogP contribution < -0.4 is 0 Å². The van der Waals surface area contributed by atoms with Gasteiger partial charge < -0.3 is 4.90 Å². The van der Waals surface area contributed by atoms with E-state index in [4.69, 9.17) is 5.10 Å². The monoisotopic (exact) mass is 357 g/mol. The number of nitrogens with zero attached hydrogens (tertiary/aromatic N) is 3. The molecule has 2 atom stereocenters. The molecular weight excluding hydrogens is 334 g/mol. The molecule has 0 bridgehead atoms. The molecule has 4 nitrogen and oxygen atoms in total. The van der Waals surface area contributed by atoms with Gasteiger partial charge in [0.15, 0.2) is 0 Å². The van der Waals surface area contributed by atoms with Gasteiger partial charge in [-0.25, -0.2) is 0 Å². The first-order chi connectivity index (χ1) is 13.2. The molecule has 5 rings (SSSR count). The van der Waals surface area contributed by atoms with Crippen molar-refractivity contribution in [1.29, 1.82) is 0 Å². The van der Waals surface area contributed by atoms with Gasteiger partial charge in [-0.15, -0.1) is 0 Å². The lowest BCUT2D eigenvalue weighted by atomic mass is 9.94. The van der Waals surface area contributed by atoms with E-state index in [2.05, 4.69) is 29.2 Å². The summed E-state index contributed by atoms with van der Waals surface area (Å²) in [5.41, 5.74) is 6.07. The van der Waals surface area contributed by atoms with Crippen LogP contribution in [0.4, 0.5) is 0 Å². The van der Waals surface area contributed by atoms with Crippen LogP contribution in [0.2, 0.25) is 0 Å². The Kier molecular flexibility index (Phi) is 3.85. The summed E-state index contributed by atoms with van der Waals surface area (Å²) in [5.74, 6) is 1.16. The number of benzene rings is 2. The topological polar surface area (TPSA) is 38.1 Å². The maximum atomic E-state index is 12.8. The van der Waals surface area contributed by atoms with E-state index < -0.39 is 0 Å². The summed E-state index contributed by atoms with van der Waals surface area (Å²) in [6.45, 7) is 1.67. The largest absolute Gasteiger partial charge is 0.341 e. The quantitative estimate of drug-likeness (QED) is 0.720. The number of hydrogen-bond donors (Lipinski definition) is 0. The van der Waals surface area contributed by atoms with Gasteiger partial charge in [0, 0.05) is 42.9 Å². The highest BCUT2D eigenvalue weighted by Crippen LogP contribution is 2.46. The zero-order valence-electron chi connectivity index (χ0n) is 15.5. The number of carbonyl (C=O) groups excluding carboxylic acids is 1. The Bertz CT molecular complexity index is 978. The molecule has 2 heterocycles. The zero-order chi connectivity index (χ0) is 18.4. The molecule has 27 heavy (non-hydrogen) atoms. The van der Waals surface area contributed by atoms with Gasteiger partial charge in [0.25, 0.3) is 0 Å². The number of carbonyl (C=O) groups is 1. The summed E-state index contributed by atoms with van der Waals surface area (Å²) < 4.78 is 2.05. The molecule has 0 radical (unpaired) electrons. The molecule has 2 aliphatic rings. The van der Waals surface area contributed by atoms with Crippen LogP contribution >= 0.6 is 0 Å².